The summed E-state index contributed by atoms with van der Waals surface area (Å²) in [7, 11) is 0. The molecular formula is C15H31. The van der Waals surface area contributed by atoms with Gasteiger partial charge in [-0.1, -0.05) is 48.5 Å². The van der Waals surface area contributed by atoms with E-state index in [0.29, 0.717) is 5.41 Å². The van der Waals surface area contributed by atoms with Gasteiger partial charge in [0.1, 0.15) is 0 Å². The molecule has 0 nitrogen and oxygen atoms in total. The summed E-state index contributed by atoms with van der Waals surface area (Å²) in [4.78, 5) is 0. The van der Waals surface area contributed by atoms with E-state index >= 15 is 0 Å². The molecule has 15 heavy (non-hydrogen) atoms. The minimum atomic E-state index is 0.424. The van der Waals surface area contributed by atoms with Crippen LogP contribution in [0, 0.1) is 29.6 Å². The van der Waals surface area contributed by atoms with Crippen LogP contribution in [-0.4, -0.2) is 0 Å². The summed E-state index contributed by atoms with van der Waals surface area (Å²) in [6.07, 6.45) is 6.46. The van der Waals surface area contributed by atoms with E-state index in [1.165, 1.54) is 19.3 Å². The Kier molecular flexibility index (Phi) is 6.55. The van der Waals surface area contributed by atoms with Crippen LogP contribution in [0.4, 0.5) is 0 Å². The minimum Gasteiger partial charge on any atom is -0.0628 e. The molecule has 0 aromatic rings. The van der Waals surface area contributed by atoms with E-state index in [9.17, 15) is 0 Å². The summed E-state index contributed by atoms with van der Waals surface area (Å²) in [6, 6.07) is 0. The Morgan fingerprint density at radius 3 is 1.93 bits per heavy atom. The van der Waals surface area contributed by atoms with Crippen molar-refractivity contribution < 1.29 is 0 Å². The first kappa shape index (κ1) is 15.0. The predicted molar refractivity (Wildman–Crippen MR) is 70.8 cm³/mol. The first-order valence-electron chi connectivity index (χ1n) is 6.59. The first-order valence-corrected chi connectivity index (χ1v) is 6.59. The van der Waals surface area contributed by atoms with Gasteiger partial charge in [-0.2, -0.15) is 0 Å². The van der Waals surface area contributed by atoms with Crippen molar-refractivity contribution in [1.82, 2.24) is 0 Å². The molecule has 0 spiro atoms. The topological polar surface area (TPSA) is 0 Å². The lowest BCUT2D eigenvalue weighted by Gasteiger charge is -2.27. The van der Waals surface area contributed by atoms with Crippen LogP contribution < -0.4 is 0 Å². The van der Waals surface area contributed by atoms with E-state index in [2.05, 4.69) is 54.9 Å². The van der Waals surface area contributed by atoms with Crippen LogP contribution in [-0.2, 0) is 0 Å². The molecule has 0 heterocycles. The van der Waals surface area contributed by atoms with Gasteiger partial charge in [0.25, 0.3) is 0 Å². The first-order chi connectivity index (χ1) is 6.74. The van der Waals surface area contributed by atoms with Gasteiger partial charge in [0.15, 0.2) is 0 Å². The fourth-order valence-corrected chi connectivity index (χ4v) is 1.59. The van der Waals surface area contributed by atoms with Crippen LogP contribution in [0.15, 0.2) is 0 Å². The molecule has 0 amide bonds. The molecule has 0 aromatic heterocycles. The highest BCUT2D eigenvalue weighted by molar-refractivity contribution is 4.85. The van der Waals surface area contributed by atoms with Crippen LogP contribution in [0.1, 0.15) is 67.7 Å². The Morgan fingerprint density at radius 1 is 1.00 bits per heavy atom. The van der Waals surface area contributed by atoms with Gasteiger partial charge in [-0.05, 0) is 48.9 Å². The van der Waals surface area contributed by atoms with E-state index < -0.39 is 0 Å². The number of rotatable bonds is 7. The zero-order chi connectivity index (χ0) is 12.1. The van der Waals surface area contributed by atoms with Crippen molar-refractivity contribution in [2.45, 2.75) is 67.7 Å². The van der Waals surface area contributed by atoms with Gasteiger partial charge in [-0.25, -0.2) is 0 Å². The van der Waals surface area contributed by atoms with Crippen LogP contribution >= 0.6 is 0 Å². The van der Waals surface area contributed by atoms with Crippen LogP contribution in [0.2, 0.25) is 0 Å². The van der Waals surface area contributed by atoms with E-state index in [4.69, 9.17) is 0 Å². The second-order valence-corrected chi connectivity index (χ2v) is 6.58. The quantitative estimate of drug-likeness (QED) is 0.533. The lowest BCUT2D eigenvalue weighted by atomic mass is 9.78. The third kappa shape index (κ3) is 7.88. The summed E-state index contributed by atoms with van der Waals surface area (Å²) >= 11 is 0. The highest BCUT2D eigenvalue weighted by Crippen LogP contribution is 2.31. The molecule has 1 radical (unpaired) electrons. The highest BCUT2D eigenvalue weighted by atomic mass is 14.3. The molecule has 1 unspecified atom stereocenters. The van der Waals surface area contributed by atoms with Crippen molar-refractivity contribution in [2.75, 3.05) is 0 Å². The molecule has 1 atom stereocenters. The Labute approximate surface area is 97.8 Å². The molecule has 0 aromatic carbocycles. The van der Waals surface area contributed by atoms with Gasteiger partial charge in [0, 0.05) is 0 Å². The maximum absolute atomic E-state index is 2.52. The lowest BCUT2D eigenvalue weighted by molar-refractivity contribution is 0.295. The molecule has 91 valence electrons. The lowest BCUT2D eigenvalue weighted by Crippen LogP contribution is -2.16. The molecular weight excluding hydrogens is 180 g/mol. The van der Waals surface area contributed by atoms with E-state index in [-0.39, 0.29) is 0 Å². The fraction of sp³-hybridized carbons (Fsp3) is 0.933. The SMILES string of the molecule is CC(C)C[CH]C(C)(C)CCC(C)C(C)C. The molecule has 0 N–H and O–H groups in total. The third-order valence-corrected chi connectivity index (χ3v) is 3.52. The molecule has 0 saturated carbocycles. The number of hydrogen-bond donors (Lipinski definition) is 0. The molecule has 0 aliphatic rings. The van der Waals surface area contributed by atoms with Gasteiger partial charge in [-0.15, -0.1) is 0 Å². The smallest absolute Gasteiger partial charge is 0.0323 e. The van der Waals surface area contributed by atoms with Gasteiger partial charge in [0.2, 0.25) is 0 Å². The van der Waals surface area contributed by atoms with Crippen LogP contribution in [0.3, 0.4) is 0 Å². The van der Waals surface area contributed by atoms with E-state index in [1.54, 1.807) is 0 Å². The van der Waals surface area contributed by atoms with Crippen molar-refractivity contribution >= 4 is 0 Å². The summed E-state index contributed by atoms with van der Waals surface area (Å²) in [5, 5.41) is 0. The second kappa shape index (κ2) is 6.55. The Hall–Kier alpha value is 0. The monoisotopic (exact) mass is 211 g/mol. The zero-order valence-corrected chi connectivity index (χ0v) is 11.9. The normalized spacial score (nSPS) is 15.0. The molecule has 0 bridgehead atoms. The molecule has 0 aliphatic heterocycles. The van der Waals surface area contributed by atoms with Crippen molar-refractivity contribution in [3.8, 4) is 0 Å². The zero-order valence-electron chi connectivity index (χ0n) is 11.9. The largest absolute Gasteiger partial charge is 0.0628 e. The fourth-order valence-electron chi connectivity index (χ4n) is 1.59. The summed E-state index contributed by atoms with van der Waals surface area (Å²) in [6.45, 7) is 16.4. The highest BCUT2D eigenvalue weighted by Gasteiger charge is 2.20. The van der Waals surface area contributed by atoms with Crippen molar-refractivity contribution in [3.63, 3.8) is 0 Å². The Morgan fingerprint density at radius 2 is 1.53 bits per heavy atom. The average Bonchev–Trinajstić information content (AvgIpc) is 2.11. The minimum absolute atomic E-state index is 0.424. The molecule has 0 saturated heterocycles. The van der Waals surface area contributed by atoms with Crippen molar-refractivity contribution in [2.24, 2.45) is 23.2 Å². The Bertz CT molecular complexity index is 153. The molecule has 0 rings (SSSR count). The molecule has 0 fully saturated rings. The number of hydrogen-bond acceptors (Lipinski definition) is 0. The molecule has 0 aliphatic carbocycles. The Balaban J connectivity index is 3.82. The van der Waals surface area contributed by atoms with Crippen molar-refractivity contribution in [1.29, 1.82) is 0 Å². The third-order valence-electron chi connectivity index (χ3n) is 3.52. The van der Waals surface area contributed by atoms with E-state index in [0.717, 1.165) is 17.8 Å². The van der Waals surface area contributed by atoms with E-state index in [1.807, 2.05) is 0 Å². The maximum atomic E-state index is 2.52. The van der Waals surface area contributed by atoms with Gasteiger partial charge >= 0.3 is 0 Å². The summed E-state index contributed by atoms with van der Waals surface area (Å²) in [5.74, 6) is 2.48. The van der Waals surface area contributed by atoms with Gasteiger partial charge in [0.05, 0.1) is 0 Å². The maximum Gasteiger partial charge on any atom is -0.0323 e. The van der Waals surface area contributed by atoms with Crippen LogP contribution in [0.5, 0.6) is 0 Å². The van der Waals surface area contributed by atoms with Crippen molar-refractivity contribution in [3.05, 3.63) is 6.42 Å². The van der Waals surface area contributed by atoms with Gasteiger partial charge < -0.3 is 0 Å². The molecule has 0 heteroatoms. The average molecular weight is 211 g/mol. The summed E-state index contributed by atoms with van der Waals surface area (Å²) < 4.78 is 0. The second-order valence-electron chi connectivity index (χ2n) is 6.58. The summed E-state index contributed by atoms with van der Waals surface area (Å²) in [5.41, 5.74) is 0.424. The van der Waals surface area contributed by atoms with Crippen LogP contribution in [0.25, 0.3) is 0 Å². The van der Waals surface area contributed by atoms with Gasteiger partial charge in [-0.3, -0.25) is 0 Å². The predicted octanol–water partition coefficient (Wildman–Crippen LogP) is 5.34. The standard InChI is InChI=1S/C15H31/c1-12(2)8-10-15(6,7)11-9-14(5)13(3)4/h10,12-14H,8-9,11H2,1-7H3.